The Hall–Kier alpha value is -2.86. The fraction of sp³-hybridized carbons (Fsp3) is 0.286. The molecule has 0 heterocycles. The normalized spacial score (nSPS) is 11.0. The highest BCUT2D eigenvalue weighted by Crippen LogP contribution is 2.29. The molecule has 7 heteroatoms. The Bertz CT molecular complexity index is 892. The number of methoxy groups -OCH3 is 1. The van der Waals surface area contributed by atoms with E-state index in [1.165, 1.54) is 24.3 Å². The first-order chi connectivity index (χ1) is 13.3. The standard InChI is InChI=1S/C21H22ClNO5/c1-14(2)10-11-28-20-9-5-15(12-21(20)27-3)4-8-19(24)16-6-7-17(22)18(13-16)23(25)26/h4-9,12-14H,10-11H2,1-3H3/b8-4+. The van der Waals surface area contributed by atoms with Gasteiger partial charge in [0.2, 0.25) is 0 Å². The van der Waals surface area contributed by atoms with Crippen LogP contribution in [0.3, 0.4) is 0 Å². The lowest BCUT2D eigenvalue weighted by Gasteiger charge is -2.12. The Morgan fingerprint density at radius 2 is 1.96 bits per heavy atom. The summed E-state index contributed by atoms with van der Waals surface area (Å²) >= 11 is 5.77. The van der Waals surface area contributed by atoms with Gasteiger partial charge in [0.1, 0.15) is 5.02 Å². The van der Waals surface area contributed by atoms with Crippen molar-refractivity contribution >= 4 is 29.1 Å². The van der Waals surface area contributed by atoms with Gasteiger partial charge in [0, 0.05) is 11.6 Å². The smallest absolute Gasteiger partial charge is 0.288 e. The highest BCUT2D eigenvalue weighted by atomic mass is 35.5. The minimum Gasteiger partial charge on any atom is -0.493 e. The molecule has 0 spiro atoms. The molecule has 0 amide bonds. The summed E-state index contributed by atoms with van der Waals surface area (Å²) in [7, 11) is 1.55. The molecule has 0 bridgehead atoms. The number of carbonyl (C=O) groups is 1. The van der Waals surface area contributed by atoms with Crippen LogP contribution in [0, 0.1) is 16.0 Å². The number of halogens is 1. The summed E-state index contributed by atoms with van der Waals surface area (Å²) in [5.74, 6) is 1.39. The van der Waals surface area contributed by atoms with Crippen LogP contribution in [0.15, 0.2) is 42.5 Å². The number of ketones is 1. The Morgan fingerprint density at radius 3 is 2.61 bits per heavy atom. The van der Waals surface area contributed by atoms with Crippen molar-refractivity contribution in [2.45, 2.75) is 20.3 Å². The van der Waals surface area contributed by atoms with E-state index >= 15 is 0 Å². The summed E-state index contributed by atoms with van der Waals surface area (Å²) in [5, 5.41) is 10.9. The first kappa shape index (κ1) is 21.4. The molecule has 0 N–H and O–H groups in total. The second-order valence-electron chi connectivity index (χ2n) is 6.56. The molecule has 148 valence electrons. The predicted octanol–water partition coefficient (Wildman–Crippen LogP) is 5.58. The van der Waals surface area contributed by atoms with Crippen molar-refractivity contribution < 1.29 is 19.2 Å². The van der Waals surface area contributed by atoms with E-state index < -0.39 is 4.92 Å². The number of hydrogen-bond donors (Lipinski definition) is 0. The van der Waals surface area contributed by atoms with Gasteiger partial charge in [-0.05, 0) is 48.2 Å². The van der Waals surface area contributed by atoms with Crippen molar-refractivity contribution in [3.63, 3.8) is 0 Å². The molecule has 2 rings (SSSR count). The number of benzene rings is 2. The van der Waals surface area contributed by atoms with Crippen LogP contribution in [-0.2, 0) is 0 Å². The summed E-state index contributed by atoms with van der Waals surface area (Å²) < 4.78 is 11.1. The Kier molecular flexibility index (Phi) is 7.58. The highest BCUT2D eigenvalue weighted by molar-refractivity contribution is 6.32. The van der Waals surface area contributed by atoms with Crippen LogP contribution in [0.25, 0.3) is 6.08 Å². The van der Waals surface area contributed by atoms with Crippen LogP contribution >= 0.6 is 11.6 Å². The van der Waals surface area contributed by atoms with Crippen molar-refractivity contribution in [3.8, 4) is 11.5 Å². The molecule has 0 radical (unpaired) electrons. The zero-order valence-electron chi connectivity index (χ0n) is 16.0. The van der Waals surface area contributed by atoms with Gasteiger partial charge in [-0.3, -0.25) is 14.9 Å². The number of rotatable bonds is 9. The molecule has 0 fully saturated rings. The zero-order chi connectivity index (χ0) is 20.7. The maximum atomic E-state index is 12.3. The number of nitro benzene ring substituents is 1. The number of nitro groups is 1. The molecule has 0 aromatic heterocycles. The molecular formula is C21H22ClNO5. The molecule has 2 aromatic carbocycles. The van der Waals surface area contributed by atoms with Gasteiger partial charge in [0.25, 0.3) is 5.69 Å². The minimum absolute atomic E-state index is 0.0108. The highest BCUT2D eigenvalue weighted by Gasteiger charge is 2.15. The maximum absolute atomic E-state index is 12.3. The van der Waals surface area contributed by atoms with Gasteiger partial charge >= 0.3 is 0 Å². The summed E-state index contributed by atoms with van der Waals surface area (Å²) in [5.41, 5.74) is 0.628. The van der Waals surface area contributed by atoms with Crippen LogP contribution in [0.4, 0.5) is 5.69 Å². The van der Waals surface area contributed by atoms with Crippen molar-refractivity contribution in [1.82, 2.24) is 0 Å². The minimum atomic E-state index is -0.619. The SMILES string of the molecule is COc1cc(/C=C/C(=O)c2ccc(Cl)c([N+](=O)[O-])c2)ccc1OCCC(C)C. The van der Waals surface area contributed by atoms with Gasteiger partial charge in [0.05, 0.1) is 18.6 Å². The Morgan fingerprint density at radius 1 is 1.21 bits per heavy atom. The van der Waals surface area contributed by atoms with Gasteiger partial charge in [-0.15, -0.1) is 0 Å². The van der Waals surface area contributed by atoms with Crippen LogP contribution in [0.2, 0.25) is 5.02 Å². The maximum Gasteiger partial charge on any atom is 0.288 e. The van der Waals surface area contributed by atoms with E-state index in [0.717, 1.165) is 12.0 Å². The molecule has 0 saturated carbocycles. The van der Waals surface area contributed by atoms with Crippen LogP contribution < -0.4 is 9.47 Å². The average molecular weight is 404 g/mol. The third-order valence-electron chi connectivity index (χ3n) is 3.99. The number of allylic oxidation sites excluding steroid dienone is 1. The average Bonchev–Trinajstić information content (AvgIpc) is 2.66. The van der Waals surface area contributed by atoms with E-state index in [4.69, 9.17) is 21.1 Å². The van der Waals surface area contributed by atoms with Crippen molar-refractivity contribution in [3.05, 3.63) is 68.7 Å². The monoisotopic (exact) mass is 403 g/mol. The van der Waals surface area contributed by atoms with Gasteiger partial charge < -0.3 is 9.47 Å². The van der Waals surface area contributed by atoms with Crippen molar-refractivity contribution in [2.24, 2.45) is 5.92 Å². The van der Waals surface area contributed by atoms with Gasteiger partial charge in [-0.1, -0.05) is 37.6 Å². The van der Waals surface area contributed by atoms with E-state index in [1.807, 2.05) is 0 Å². The van der Waals surface area contributed by atoms with E-state index in [1.54, 1.807) is 31.4 Å². The molecule has 0 aliphatic rings. The van der Waals surface area contributed by atoms with Crippen LogP contribution in [0.5, 0.6) is 11.5 Å². The summed E-state index contributed by atoms with van der Waals surface area (Å²) in [6, 6.07) is 9.32. The second-order valence-corrected chi connectivity index (χ2v) is 6.97. The lowest BCUT2D eigenvalue weighted by molar-refractivity contribution is -0.384. The zero-order valence-corrected chi connectivity index (χ0v) is 16.7. The molecule has 0 atom stereocenters. The van der Waals surface area contributed by atoms with Crippen LogP contribution in [0.1, 0.15) is 36.2 Å². The fourth-order valence-corrected chi connectivity index (χ4v) is 2.57. The van der Waals surface area contributed by atoms with Crippen molar-refractivity contribution in [2.75, 3.05) is 13.7 Å². The first-order valence-electron chi connectivity index (χ1n) is 8.79. The Balaban J connectivity index is 2.14. The van der Waals surface area contributed by atoms with Gasteiger partial charge in [-0.25, -0.2) is 0 Å². The number of nitrogens with zero attached hydrogens (tertiary/aromatic N) is 1. The number of carbonyl (C=O) groups excluding carboxylic acids is 1. The van der Waals surface area contributed by atoms with E-state index in [-0.39, 0.29) is 22.1 Å². The van der Waals surface area contributed by atoms with E-state index in [0.29, 0.717) is 24.0 Å². The summed E-state index contributed by atoms with van der Waals surface area (Å²) in [4.78, 5) is 22.7. The molecule has 28 heavy (non-hydrogen) atoms. The predicted molar refractivity (Wildman–Crippen MR) is 109 cm³/mol. The van der Waals surface area contributed by atoms with Crippen LogP contribution in [-0.4, -0.2) is 24.4 Å². The van der Waals surface area contributed by atoms with Gasteiger partial charge in [-0.2, -0.15) is 0 Å². The lowest BCUT2D eigenvalue weighted by atomic mass is 10.1. The van der Waals surface area contributed by atoms with E-state index in [2.05, 4.69) is 13.8 Å². The molecular weight excluding hydrogens is 382 g/mol. The van der Waals surface area contributed by atoms with Gasteiger partial charge in [0.15, 0.2) is 17.3 Å². The molecule has 0 unspecified atom stereocenters. The number of ether oxygens (including phenoxy) is 2. The third kappa shape index (κ3) is 5.82. The summed E-state index contributed by atoms with van der Waals surface area (Å²) in [6.45, 7) is 4.85. The molecule has 0 aliphatic carbocycles. The molecule has 6 nitrogen and oxygen atoms in total. The number of hydrogen-bond acceptors (Lipinski definition) is 5. The molecule has 0 saturated heterocycles. The van der Waals surface area contributed by atoms with Crippen molar-refractivity contribution in [1.29, 1.82) is 0 Å². The fourth-order valence-electron chi connectivity index (χ4n) is 2.39. The molecule has 0 aliphatic heterocycles. The largest absolute Gasteiger partial charge is 0.493 e. The summed E-state index contributed by atoms with van der Waals surface area (Å²) in [6.07, 6.45) is 3.90. The third-order valence-corrected chi connectivity index (χ3v) is 4.31. The Labute approximate surface area is 168 Å². The topological polar surface area (TPSA) is 78.7 Å². The molecule has 2 aromatic rings. The first-order valence-corrected chi connectivity index (χ1v) is 9.16. The lowest BCUT2D eigenvalue weighted by Crippen LogP contribution is -2.02. The quantitative estimate of drug-likeness (QED) is 0.236. The van der Waals surface area contributed by atoms with E-state index in [9.17, 15) is 14.9 Å². The second kappa shape index (κ2) is 9.90.